The number of halogens is 3. The average molecular weight is 688 g/mol. The van der Waals surface area contributed by atoms with Crippen molar-refractivity contribution < 1.29 is 17.5 Å². The first-order chi connectivity index (χ1) is 19.8. The number of benzene rings is 1. The van der Waals surface area contributed by atoms with Gasteiger partial charge in [-0.1, -0.05) is 29.3 Å². The Morgan fingerprint density at radius 2 is 1.52 bits per heavy atom. The van der Waals surface area contributed by atoms with E-state index < -0.39 is 10.1 Å². The molecule has 242 valence electrons. The van der Waals surface area contributed by atoms with Crippen molar-refractivity contribution in [2.24, 2.45) is 15.9 Å². The van der Waals surface area contributed by atoms with E-state index in [0.717, 1.165) is 12.1 Å². The van der Waals surface area contributed by atoms with E-state index in [1.807, 2.05) is 6.92 Å². The minimum atomic E-state index is -3.89. The van der Waals surface area contributed by atoms with Gasteiger partial charge >= 0.3 is 10.1 Å². The second-order valence-electron chi connectivity index (χ2n) is 9.58. The Kier molecular flexibility index (Phi) is 20.1. The first-order valence-electron chi connectivity index (χ1n) is 13.7. The van der Waals surface area contributed by atoms with E-state index in [-0.39, 0.29) is 54.4 Å². The van der Waals surface area contributed by atoms with Gasteiger partial charge in [-0.2, -0.15) is 8.42 Å². The van der Waals surface area contributed by atoms with Crippen LogP contribution in [-0.4, -0.2) is 66.8 Å². The molecule has 2 aliphatic rings. The molecule has 5 rings (SSSR count). The predicted molar refractivity (Wildman–Crippen MR) is 182 cm³/mol. The number of nitrogens with zero attached hydrogens (tertiary/aromatic N) is 5. The summed E-state index contributed by atoms with van der Waals surface area (Å²) >= 11 is 0. The number of rotatable bonds is 6. The van der Waals surface area contributed by atoms with Gasteiger partial charge in [0.15, 0.2) is 5.78 Å². The predicted octanol–water partition coefficient (Wildman–Crippen LogP) is 5.67. The number of ketones is 1. The van der Waals surface area contributed by atoms with Crippen LogP contribution in [0.3, 0.4) is 0 Å². The highest BCUT2D eigenvalue weighted by Gasteiger charge is 2.17. The Hall–Kier alpha value is -3.09. The Bertz CT molecular complexity index is 1410. The van der Waals surface area contributed by atoms with Crippen LogP contribution in [0, 0.1) is 6.92 Å². The van der Waals surface area contributed by atoms with Gasteiger partial charge in [0.1, 0.15) is 4.90 Å². The van der Waals surface area contributed by atoms with Crippen LogP contribution >= 0.6 is 37.2 Å². The van der Waals surface area contributed by atoms with Gasteiger partial charge in [0.25, 0.3) is 0 Å². The standard InChI is InChI=1S/C14H14N2O3S.C9H16N2.C7H8N2O.3ClH/c1-11-5-7-14(8-6-11)20(17,18)19-16-12(2)13-4-3-9-15-10-13;1-2-5-9-10-6-4-8-11(9)7-3-1;8-4-7(10)6-2-1-3-9-5-6;;;/h3-10H,1-2H3;1-8H2;1-3,5H,4,8H2;3*1H/b16-12+;;;;;. The summed E-state index contributed by atoms with van der Waals surface area (Å²) in [6.45, 7) is 7.18. The molecule has 1 fully saturated rings. The van der Waals surface area contributed by atoms with E-state index in [9.17, 15) is 13.2 Å². The largest absolute Gasteiger partial charge is 0.360 e. The Morgan fingerprint density at radius 3 is 2.11 bits per heavy atom. The topological polar surface area (TPSA) is 140 Å². The quantitative estimate of drug-likeness (QED) is 0.199. The summed E-state index contributed by atoms with van der Waals surface area (Å²) in [5.74, 6) is 1.32. The van der Waals surface area contributed by atoms with Gasteiger partial charge in [-0.25, -0.2) is 0 Å². The molecule has 0 spiro atoms. The van der Waals surface area contributed by atoms with E-state index in [1.165, 1.54) is 69.4 Å². The SMILES string of the molecule is C/C(=N\OS(=O)(=O)c1ccc(C)cc1)c1cccnc1.C1CCC2=NCCCN2CC1.Cl.Cl.Cl.NCC(=O)c1cccnc1. The lowest BCUT2D eigenvalue weighted by Gasteiger charge is -2.27. The first kappa shape index (κ1) is 40.9. The van der Waals surface area contributed by atoms with Gasteiger partial charge < -0.3 is 10.6 Å². The molecule has 44 heavy (non-hydrogen) atoms. The highest BCUT2D eigenvalue weighted by Crippen LogP contribution is 2.16. The van der Waals surface area contributed by atoms with Gasteiger partial charge in [-0.3, -0.25) is 24.0 Å². The fraction of sp³-hybridized carbons (Fsp3) is 0.367. The molecule has 0 saturated carbocycles. The molecule has 0 bridgehead atoms. The maximum absolute atomic E-state index is 11.9. The number of aryl methyl sites for hydroxylation is 1. The molecule has 3 aromatic rings. The highest BCUT2D eigenvalue weighted by molar-refractivity contribution is 7.86. The number of amidine groups is 1. The van der Waals surface area contributed by atoms with Crippen molar-refractivity contribution in [1.29, 1.82) is 0 Å². The monoisotopic (exact) mass is 686 g/mol. The number of oxime groups is 1. The van der Waals surface area contributed by atoms with E-state index in [4.69, 9.17) is 10.0 Å². The van der Waals surface area contributed by atoms with Crippen LogP contribution in [0.1, 0.15) is 60.5 Å². The summed E-state index contributed by atoms with van der Waals surface area (Å²) in [6, 6.07) is 13.3. The molecule has 10 nitrogen and oxygen atoms in total. The van der Waals surface area contributed by atoms with Crippen LogP contribution < -0.4 is 5.73 Å². The van der Waals surface area contributed by atoms with Crippen LogP contribution in [-0.2, 0) is 14.4 Å². The smallest absolute Gasteiger partial charge is 0.358 e. The Balaban J connectivity index is 0.000000659. The van der Waals surface area contributed by atoms with E-state index >= 15 is 0 Å². The number of hydrogen-bond donors (Lipinski definition) is 1. The summed E-state index contributed by atoms with van der Waals surface area (Å²) < 4.78 is 28.6. The Labute approximate surface area is 279 Å². The van der Waals surface area contributed by atoms with Crippen molar-refractivity contribution in [2.45, 2.75) is 50.8 Å². The lowest BCUT2D eigenvalue weighted by Crippen LogP contribution is -2.34. The van der Waals surface area contributed by atoms with Crippen molar-refractivity contribution >= 4 is 64.7 Å². The maximum atomic E-state index is 11.9. The minimum absolute atomic E-state index is 0. The summed E-state index contributed by atoms with van der Waals surface area (Å²) in [5.41, 5.74) is 7.81. The molecular formula is C30H41Cl3N6O4S. The fourth-order valence-electron chi connectivity index (χ4n) is 4.07. The van der Waals surface area contributed by atoms with Gasteiger partial charge in [0.05, 0.1) is 18.1 Å². The van der Waals surface area contributed by atoms with Crippen molar-refractivity contribution in [1.82, 2.24) is 14.9 Å². The first-order valence-corrected chi connectivity index (χ1v) is 15.1. The minimum Gasteiger partial charge on any atom is -0.360 e. The van der Waals surface area contributed by atoms with Crippen LogP contribution in [0.15, 0.2) is 88.4 Å². The molecule has 4 heterocycles. The summed E-state index contributed by atoms with van der Waals surface area (Å²) in [4.78, 5) is 25.7. The third-order valence-electron chi connectivity index (χ3n) is 6.40. The zero-order valence-electron chi connectivity index (χ0n) is 24.9. The van der Waals surface area contributed by atoms with Crippen LogP contribution in [0.5, 0.6) is 0 Å². The molecule has 1 saturated heterocycles. The third-order valence-corrected chi connectivity index (χ3v) is 7.52. The number of aromatic nitrogens is 2. The average Bonchev–Trinajstić information content (AvgIpc) is 3.27. The van der Waals surface area contributed by atoms with Crippen LogP contribution in [0.2, 0.25) is 0 Å². The molecule has 2 N–H and O–H groups in total. The third kappa shape index (κ3) is 13.7. The molecule has 0 unspecified atom stereocenters. The maximum Gasteiger partial charge on any atom is 0.358 e. The number of hydrogen-bond acceptors (Lipinski definition) is 10. The highest BCUT2D eigenvalue weighted by atomic mass is 35.5. The lowest BCUT2D eigenvalue weighted by atomic mass is 10.2. The molecule has 0 aliphatic carbocycles. The van der Waals surface area contributed by atoms with Crippen molar-refractivity contribution in [3.05, 3.63) is 90.0 Å². The summed E-state index contributed by atoms with van der Waals surface area (Å²) in [5, 5.41) is 3.65. The van der Waals surface area contributed by atoms with E-state index in [1.54, 1.807) is 61.9 Å². The molecule has 14 heteroatoms. The van der Waals surface area contributed by atoms with Gasteiger partial charge in [0, 0.05) is 62.0 Å². The summed E-state index contributed by atoms with van der Waals surface area (Å²) in [6.07, 6.45) is 13.0. The number of fused-ring (bicyclic) bond motifs is 1. The van der Waals surface area contributed by atoms with E-state index in [2.05, 4.69) is 25.0 Å². The number of pyridine rings is 2. The zero-order valence-corrected chi connectivity index (χ0v) is 28.1. The van der Waals surface area contributed by atoms with Crippen molar-refractivity contribution in [2.75, 3.05) is 26.2 Å². The second kappa shape index (κ2) is 21.6. The van der Waals surface area contributed by atoms with Crippen LogP contribution in [0.4, 0.5) is 0 Å². The fourth-order valence-corrected chi connectivity index (χ4v) is 4.83. The number of Topliss-reactive ketones (excluding diaryl/α,β-unsaturated/α-hetero) is 1. The molecule has 0 atom stereocenters. The zero-order chi connectivity index (χ0) is 29.5. The number of nitrogens with two attached hydrogens (primary N) is 1. The van der Waals surface area contributed by atoms with Crippen molar-refractivity contribution in [3.63, 3.8) is 0 Å². The van der Waals surface area contributed by atoms with Crippen LogP contribution in [0.25, 0.3) is 0 Å². The molecule has 0 amide bonds. The molecule has 0 radical (unpaired) electrons. The lowest BCUT2D eigenvalue weighted by molar-refractivity contribution is 0.100. The molecule has 1 aromatic carbocycles. The molecular weight excluding hydrogens is 647 g/mol. The van der Waals surface area contributed by atoms with Gasteiger partial charge in [-0.15, -0.1) is 37.2 Å². The number of carbonyl (C=O) groups is 1. The van der Waals surface area contributed by atoms with E-state index in [0.29, 0.717) is 16.8 Å². The molecule has 2 aromatic heterocycles. The summed E-state index contributed by atoms with van der Waals surface area (Å²) in [7, 11) is -3.89. The Morgan fingerprint density at radius 1 is 0.909 bits per heavy atom. The number of carbonyl (C=O) groups excluding carboxylic acids is 1. The van der Waals surface area contributed by atoms with Crippen molar-refractivity contribution in [3.8, 4) is 0 Å². The normalized spacial score (nSPS) is 14.0. The molecule has 2 aliphatic heterocycles. The van der Waals surface area contributed by atoms with Gasteiger partial charge in [0.2, 0.25) is 0 Å². The van der Waals surface area contributed by atoms with Gasteiger partial charge in [-0.05, 0) is 69.5 Å². The second-order valence-corrected chi connectivity index (χ2v) is 11.1. The number of aliphatic imine (C=N–C) groups is 1.